The van der Waals surface area contributed by atoms with Crippen LogP contribution in [-0.2, 0) is 9.59 Å². The minimum Gasteiger partial charge on any atom is -0.507 e. The van der Waals surface area contributed by atoms with E-state index in [1.807, 2.05) is 37.2 Å². The molecule has 0 aromatic heterocycles. The summed E-state index contributed by atoms with van der Waals surface area (Å²) in [5.74, 6) is -0.786. The minimum absolute atomic E-state index is 0.110. The topological polar surface area (TPSA) is 70.1 Å². The summed E-state index contributed by atoms with van der Waals surface area (Å²) >= 11 is 0. The number of rotatable bonds is 7. The Labute approximate surface area is 171 Å². The third-order valence-corrected chi connectivity index (χ3v) is 5.00. The number of aliphatic hydroxyl groups excluding tert-OH is 1. The van der Waals surface area contributed by atoms with Crippen LogP contribution in [0.1, 0.15) is 23.6 Å². The molecule has 0 radical (unpaired) electrons. The van der Waals surface area contributed by atoms with Crippen molar-refractivity contribution in [2.75, 3.05) is 34.3 Å². The summed E-state index contributed by atoms with van der Waals surface area (Å²) in [7, 11) is 5.49. The highest BCUT2D eigenvalue weighted by molar-refractivity contribution is 6.46. The van der Waals surface area contributed by atoms with Crippen LogP contribution in [0.5, 0.6) is 5.75 Å². The maximum Gasteiger partial charge on any atom is 0.295 e. The second-order valence-electron chi connectivity index (χ2n) is 7.29. The van der Waals surface area contributed by atoms with Crippen LogP contribution >= 0.6 is 0 Å². The Hall–Kier alpha value is -3.12. The summed E-state index contributed by atoms with van der Waals surface area (Å²) < 4.78 is 5.32. The van der Waals surface area contributed by atoms with Gasteiger partial charge >= 0.3 is 0 Å². The van der Waals surface area contributed by atoms with Gasteiger partial charge in [0.25, 0.3) is 11.7 Å². The van der Waals surface area contributed by atoms with Crippen LogP contribution in [0.2, 0.25) is 0 Å². The van der Waals surface area contributed by atoms with Gasteiger partial charge in [0.1, 0.15) is 11.5 Å². The zero-order valence-electron chi connectivity index (χ0n) is 17.0. The number of hydrogen-bond acceptors (Lipinski definition) is 5. The fraction of sp³-hybridized carbons (Fsp3) is 0.304. The molecule has 0 spiro atoms. The summed E-state index contributed by atoms with van der Waals surface area (Å²) in [5, 5.41) is 10.9. The summed E-state index contributed by atoms with van der Waals surface area (Å²) in [4.78, 5) is 29.3. The quantitative estimate of drug-likeness (QED) is 0.444. The molecule has 0 aliphatic carbocycles. The molecule has 6 nitrogen and oxygen atoms in total. The van der Waals surface area contributed by atoms with E-state index in [2.05, 4.69) is 0 Å². The third kappa shape index (κ3) is 4.32. The highest BCUT2D eigenvalue weighted by atomic mass is 16.5. The average Bonchev–Trinajstić information content (AvgIpc) is 2.98. The van der Waals surface area contributed by atoms with Crippen molar-refractivity contribution in [2.24, 2.45) is 0 Å². The van der Waals surface area contributed by atoms with Gasteiger partial charge in [-0.25, -0.2) is 0 Å². The fourth-order valence-electron chi connectivity index (χ4n) is 3.58. The predicted molar refractivity (Wildman–Crippen MR) is 112 cm³/mol. The highest BCUT2D eigenvalue weighted by Crippen LogP contribution is 2.40. The smallest absolute Gasteiger partial charge is 0.295 e. The number of benzene rings is 2. The van der Waals surface area contributed by atoms with Gasteiger partial charge < -0.3 is 19.6 Å². The number of ether oxygens (including phenoxy) is 1. The predicted octanol–water partition coefficient (Wildman–Crippen LogP) is 3.07. The van der Waals surface area contributed by atoms with Gasteiger partial charge in [0.2, 0.25) is 0 Å². The number of nitrogens with zero attached hydrogens (tertiary/aromatic N) is 2. The van der Waals surface area contributed by atoms with E-state index in [-0.39, 0.29) is 11.3 Å². The van der Waals surface area contributed by atoms with Crippen molar-refractivity contribution >= 4 is 17.4 Å². The molecule has 1 N–H and O–H groups in total. The number of carbonyl (C=O) groups excluding carboxylic acids is 2. The van der Waals surface area contributed by atoms with Gasteiger partial charge in [0, 0.05) is 12.1 Å². The molecule has 1 fully saturated rings. The lowest BCUT2D eigenvalue weighted by Crippen LogP contribution is -2.32. The third-order valence-electron chi connectivity index (χ3n) is 5.00. The SMILES string of the molecule is COc1cccc(C2/C(=C(/O)c3ccccc3)C(=O)C(=O)N2CCCN(C)C)c1. The van der Waals surface area contributed by atoms with Gasteiger partial charge in [-0.15, -0.1) is 0 Å². The van der Waals surface area contributed by atoms with E-state index in [1.54, 1.807) is 48.4 Å². The number of carbonyl (C=O) groups is 2. The number of hydrogen-bond donors (Lipinski definition) is 1. The van der Waals surface area contributed by atoms with E-state index in [0.29, 0.717) is 24.3 Å². The number of amides is 1. The molecule has 0 bridgehead atoms. The van der Waals surface area contributed by atoms with E-state index < -0.39 is 17.7 Å². The molecule has 0 saturated carbocycles. The summed E-state index contributed by atoms with van der Waals surface area (Å²) in [5.41, 5.74) is 1.34. The van der Waals surface area contributed by atoms with Crippen molar-refractivity contribution in [1.29, 1.82) is 0 Å². The van der Waals surface area contributed by atoms with E-state index >= 15 is 0 Å². The Morgan fingerprint density at radius 3 is 2.48 bits per heavy atom. The van der Waals surface area contributed by atoms with Crippen molar-refractivity contribution in [1.82, 2.24) is 9.80 Å². The molecule has 29 heavy (non-hydrogen) atoms. The van der Waals surface area contributed by atoms with Gasteiger partial charge in [-0.3, -0.25) is 9.59 Å². The first-order valence-corrected chi connectivity index (χ1v) is 9.56. The standard InChI is InChI=1S/C23H26N2O4/c1-24(2)13-8-14-25-20(17-11-7-12-18(15-17)29-3)19(22(27)23(25)28)21(26)16-9-5-4-6-10-16/h4-7,9-12,15,20,26H,8,13-14H2,1-3H3/b21-19-. The summed E-state index contributed by atoms with van der Waals surface area (Å²) in [6, 6.07) is 15.4. The highest BCUT2D eigenvalue weighted by Gasteiger charge is 2.45. The second kappa shape index (κ2) is 8.92. The first-order chi connectivity index (χ1) is 13.9. The van der Waals surface area contributed by atoms with E-state index in [0.717, 1.165) is 12.1 Å². The zero-order valence-corrected chi connectivity index (χ0v) is 17.0. The molecule has 2 aromatic carbocycles. The number of Topliss-reactive ketones (excluding diaryl/α,β-unsaturated/α-hetero) is 1. The van der Waals surface area contributed by atoms with E-state index in [4.69, 9.17) is 4.74 Å². The first kappa shape index (κ1) is 20.6. The van der Waals surface area contributed by atoms with Crippen molar-refractivity contribution in [2.45, 2.75) is 12.5 Å². The Balaban J connectivity index is 2.09. The van der Waals surface area contributed by atoms with Crippen LogP contribution in [0.15, 0.2) is 60.2 Å². The van der Waals surface area contributed by atoms with Gasteiger partial charge in [-0.1, -0.05) is 42.5 Å². The van der Waals surface area contributed by atoms with Crippen molar-refractivity contribution in [3.8, 4) is 5.75 Å². The molecule has 1 aliphatic rings. The Morgan fingerprint density at radius 1 is 1.10 bits per heavy atom. The molecule has 2 aromatic rings. The number of ketones is 1. The molecule has 1 saturated heterocycles. The summed E-state index contributed by atoms with van der Waals surface area (Å²) in [6.07, 6.45) is 0.714. The molecule has 1 aliphatic heterocycles. The fourth-order valence-corrected chi connectivity index (χ4v) is 3.58. The molecule has 6 heteroatoms. The average molecular weight is 394 g/mol. The lowest BCUT2D eigenvalue weighted by molar-refractivity contribution is -0.139. The molecule has 1 amide bonds. The Morgan fingerprint density at radius 2 is 1.83 bits per heavy atom. The van der Waals surface area contributed by atoms with Crippen LogP contribution in [-0.4, -0.2) is 60.9 Å². The van der Waals surface area contributed by atoms with Gasteiger partial charge in [-0.05, 0) is 44.8 Å². The molecule has 1 heterocycles. The van der Waals surface area contributed by atoms with Crippen molar-refractivity contribution in [3.63, 3.8) is 0 Å². The van der Waals surface area contributed by atoms with Crippen LogP contribution < -0.4 is 4.74 Å². The number of aliphatic hydroxyl groups is 1. The Kier molecular flexibility index (Phi) is 6.34. The first-order valence-electron chi connectivity index (χ1n) is 9.56. The van der Waals surface area contributed by atoms with Crippen molar-refractivity contribution < 1.29 is 19.4 Å². The lowest BCUT2D eigenvalue weighted by atomic mass is 9.95. The molecule has 1 atom stereocenters. The van der Waals surface area contributed by atoms with Crippen molar-refractivity contribution in [3.05, 3.63) is 71.3 Å². The molecular weight excluding hydrogens is 368 g/mol. The monoisotopic (exact) mass is 394 g/mol. The summed E-state index contributed by atoms with van der Waals surface area (Å²) in [6.45, 7) is 1.20. The van der Waals surface area contributed by atoms with Crippen LogP contribution in [0.25, 0.3) is 5.76 Å². The van der Waals surface area contributed by atoms with Crippen LogP contribution in [0, 0.1) is 0 Å². The van der Waals surface area contributed by atoms with Crippen LogP contribution in [0.3, 0.4) is 0 Å². The largest absolute Gasteiger partial charge is 0.507 e. The second-order valence-corrected chi connectivity index (χ2v) is 7.29. The lowest BCUT2D eigenvalue weighted by Gasteiger charge is -2.26. The molecule has 152 valence electrons. The maximum absolute atomic E-state index is 12.9. The van der Waals surface area contributed by atoms with Gasteiger partial charge in [0.15, 0.2) is 0 Å². The maximum atomic E-state index is 12.9. The number of likely N-dealkylation sites (tertiary alicyclic amines) is 1. The van der Waals surface area contributed by atoms with E-state index in [1.165, 1.54) is 0 Å². The molecular formula is C23H26N2O4. The minimum atomic E-state index is -0.663. The molecule has 3 rings (SSSR count). The van der Waals surface area contributed by atoms with E-state index in [9.17, 15) is 14.7 Å². The van der Waals surface area contributed by atoms with Crippen LogP contribution in [0.4, 0.5) is 0 Å². The molecule has 1 unspecified atom stereocenters. The normalized spacial score (nSPS) is 18.5. The van der Waals surface area contributed by atoms with Gasteiger partial charge in [0.05, 0.1) is 18.7 Å². The Bertz CT molecular complexity index is 921. The number of methoxy groups -OCH3 is 1. The zero-order chi connectivity index (χ0) is 21.0. The van der Waals surface area contributed by atoms with Gasteiger partial charge in [-0.2, -0.15) is 0 Å².